The van der Waals surface area contributed by atoms with Crippen LogP contribution < -0.4 is 15.4 Å². The van der Waals surface area contributed by atoms with Crippen molar-refractivity contribution < 1.29 is 23.0 Å². The molecule has 0 bridgehead atoms. The molecule has 2 aromatic carbocycles. The molecule has 5 nitrogen and oxygen atoms in total. The van der Waals surface area contributed by atoms with Crippen LogP contribution in [0, 0.1) is 0 Å². The van der Waals surface area contributed by atoms with Gasteiger partial charge in [0, 0.05) is 18.7 Å². The Kier molecular flexibility index (Phi) is 6.71. The Balaban J connectivity index is 2.04. The van der Waals surface area contributed by atoms with E-state index in [-0.39, 0.29) is 18.0 Å². The molecule has 0 fully saturated rings. The highest BCUT2D eigenvalue weighted by atomic mass is 19.4. The van der Waals surface area contributed by atoms with Crippen LogP contribution in [0.15, 0.2) is 53.5 Å². The van der Waals surface area contributed by atoms with E-state index >= 15 is 0 Å². The number of nitrogens with zero attached hydrogens (tertiary/aromatic N) is 1. The summed E-state index contributed by atoms with van der Waals surface area (Å²) in [5.41, 5.74) is 1.25. The van der Waals surface area contributed by atoms with Gasteiger partial charge in [-0.1, -0.05) is 30.3 Å². The SMILES string of the molecule is CCNC(=NCc1ccc(O)cc1)NCc1ccccc1OC(F)(F)F. The Bertz CT molecular complexity index is 731. The van der Waals surface area contributed by atoms with Gasteiger partial charge < -0.3 is 20.5 Å². The van der Waals surface area contributed by atoms with E-state index in [1.54, 1.807) is 36.4 Å². The summed E-state index contributed by atoms with van der Waals surface area (Å²) in [5, 5.41) is 15.3. The lowest BCUT2D eigenvalue weighted by Crippen LogP contribution is -2.37. The minimum atomic E-state index is -4.74. The quantitative estimate of drug-likeness (QED) is 0.540. The van der Waals surface area contributed by atoms with Crippen LogP contribution in [0.5, 0.6) is 11.5 Å². The number of halogens is 3. The molecule has 26 heavy (non-hydrogen) atoms. The third-order valence-electron chi connectivity index (χ3n) is 3.34. The highest BCUT2D eigenvalue weighted by Gasteiger charge is 2.31. The minimum absolute atomic E-state index is 0.119. The summed E-state index contributed by atoms with van der Waals surface area (Å²) in [6.45, 7) is 2.96. The first-order valence-corrected chi connectivity index (χ1v) is 8.01. The first kappa shape index (κ1) is 19.4. The smallest absolute Gasteiger partial charge is 0.508 e. The van der Waals surface area contributed by atoms with Gasteiger partial charge in [0.05, 0.1) is 6.54 Å². The number of alkyl halides is 3. The number of ether oxygens (including phenoxy) is 1. The number of benzene rings is 2. The van der Waals surface area contributed by atoms with Crippen LogP contribution in [0.2, 0.25) is 0 Å². The molecule has 0 aromatic heterocycles. The number of rotatable bonds is 6. The highest BCUT2D eigenvalue weighted by Crippen LogP contribution is 2.26. The second-order valence-electron chi connectivity index (χ2n) is 5.37. The van der Waals surface area contributed by atoms with Crippen LogP contribution >= 0.6 is 0 Å². The maximum atomic E-state index is 12.5. The summed E-state index contributed by atoms with van der Waals surface area (Å²) in [7, 11) is 0. The number of para-hydroxylation sites is 1. The maximum Gasteiger partial charge on any atom is 0.573 e. The monoisotopic (exact) mass is 367 g/mol. The van der Waals surface area contributed by atoms with E-state index in [1.165, 1.54) is 12.1 Å². The van der Waals surface area contributed by atoms with Gasteiger partial charge in [0.15, 0.2) is 5.96 Å². The van der Waals surface area contributed by atoms with Crippen molar-refractivity contribution in [1.82, 2.24) is 10.6 Å². The molecule has 8 heteroatoms. The molecule has 0 saturated carbocycles. The van der Waals surface area contributed by atoms with Crippen molar-refractivity contribution in [3.05, 3.63) is 59.7 Å². The first-order chi connectivity index (χ1) is 12.4. The molecule has 0 radical (unpaired) electrons. The Morgan fingerprint density at radius 2 is 1.77 bits per heavy atom. The average molecular weight is 367 g/mol. The maximum absolute atomic E-state index is 12.5. The van der Waals surface area contributed by atoms with Gasteiger partial charge in [-0.15, -0.1) is 13.2 Å². The first-order valence-electron chi connectivity index (χ1n) is 8.01. The van der Waals surface area contributed by atoms with Crippen LogP contribution in [-0.2, 0) is 13.1 Å². The van der Waals surface area contributed by atoms with Crippen LogP contribution in [0.25, 0.3) is 0 Å². The van der Waals surface area contributed by atoms with Crippen molar-refractivity contribution in [3.63, 3.8) is 0 Å². The van der Waals surface area contributed by atoms with Crippen molar-refractivity contribution in [3.8, 4) is 11.5 Å². The van der Waals surface area contributed by atoms with Gasteiger partial charge in [-0.3, -0.25) is 0 Å². The van der Waals surface area contributed by atoms with Gasteiger partial charge in [-0.2, -0.15) is 0 Å². The zero-order valence-corrected chi connectivity index (χ0v) is 14.2. The normalized spacial score (nSPS) is 11.9. The van der Waals surface area contributed by atoms with Gasteiger partial charge >= 0.3 is 6.36 Å². The van der Waals surface area contributed by atoms with Crippen molar-refractivity contribution in [2.24, 2.45) is 4.99 Å². The zero-order valence-electron chi connectivity index (χ0n) is 14.2. The second-order valence-corrected chi connectivity index (χ2v) is 5.37. The zero-order chi connectivity index (χ0) is 19.0. The van der Waals surface area contributed by atoms with Gasteiger partial charge in [0.2, 0.25) is 0 Å². The van der Waals surface area contributed by atoms with E-state index in [2.05, 4.69) is 20.4 Å². The van der Waals surface area contributed by atoms with E-state index in [0.717, 1.165) is 5.56 Å². The Hall–Kier alpha value is -2.90. The number of guanidine groups is 1. The lowest BCUT2D eigenvalue weighted by atomic mass is 10.2. The van der Waals surface area contributed by atoms with E-state index in [9.17, 15) is 18.3 Å². The van der Waals surface area contributed by atoms with E-state index in [1.807, 2.05) is 6.92 Å². The summed E-state index contributed by atoms with van der Waals surface area (Å²) in [4.78, 5) is 4.38. The van der Waals surface area contributed by atoms with Crippen LogP contribution in [0.3, 0.4) is 0 Å². The van der Waals surface area contributed by atoms with E-state index in [0.29, 0.717) is 24.6 Å². The number of phenols is 1. The number of hydrogen-bond donors (Lipinski definition) is 3. The fourth-order valence-corrected chi connectivity index (χ4v) is 2.17. The molecule has 0 saturated heterocycles. The summed E-state index contributed by atoms with van der Waals surface area (Å²) in [5.74, 6) is 0.383. The number of aromatic hydroxyl groups is 1. The molecule has 0 amide bonds. The number of aliphatic imine (C=N–C) groups is 1. The summed E-state index contributed by atoms with van der Waals surface area (Å²) in [6, 6.07) is 12.6. The molecule has 140 valence electrons. The van der Waals surface area contributed by atoms with Crippen molar-refractivity contribution in [2.45, 2.75) is 26.4 Å². The molecule has 0 aliphatic rings. The van der Waals surface area contributed by atoms with Crippen molar-refractivity contribution >= 4 is 5.96 Å². The number of hydrogen-bond acceptors (Lipinski definition) is 3. The van der Waals surface area contributed by atoms with Crippen molar-refractivity contribution in [1.29, 1.82) is 0 Å². The predicted octanol–water partition coefficient (Wildman–Crippen LogP) is 3.55. The number of phenolic OH excluding ortho intramolecular Hbond substituents is 1. The fraction of sp³-hybridized carbons (Fsp3) is 0.278. The molecular formula is C18H20F3N3O2. The fourth-order valence-electron chi connectivity index (χ4n) is 2.17. The molecule has 0 atom stereocenters. The Morgan fingerprint density at radius 3 is 2.42 bits per heavy atom. The lowest BCUT2D eigenvalue weighted by molar-refractivity contribution is -0.274. The third-order valence-corrected chi connectivity index (χ3v) is 3.34. The molecule has 3 N–H and O–H groups in total. The molecule has 0 spiro atoms. The summed E-state index contributed by atoms with van der Waals surface area (Å²) >= 11 is 0. The van der Waals surface area contributed by atoms with Crippen LogP contribution in [-0.4, -0.2) is 24.0 Å². The highest BCUT2D eigenvalue weighted by molar-refractivity contribution is 5.79. The van der Waals surface area contributed by atoms with E-state index in [4.69, 9.17) is 0 Å². The van der Waals surface area contributed by atoms with Gasteiger partial charge in [0.25, 0.3) is 0 Å². The lowest BCUT2D eigenvalue weighted by Gasteiger charge is -2.15. The minimum Gasteiger partial charge on any atom is -0.508 e. The Morgan fingerprint density at radius 1 is 1.08 bits per heavy atom. The second kappa shape index (κ2) is 8.98. The van der Waals surface area contributed by atoms with Crippen molar-refractivity contribution in [2.75, 3.05) is 6.54 Å². The topological polar surface area (TPSA) is 65.9 Å². The van der Waals surface area contributed by atoms with Crippen LogP contribution in [0.1, 0.15) is 18.1 Å². The summed E-state index contributed by atoms with van der Waals surface area (Å²) < 4.78 is 41.5. The van der Waals surface area contributed by atoms with Gasteiger partial charge in [-0.05, 0) is 30.7 Å². The molecule has 2 rings (SSSR count). The number of nitrogens with one attached hydrogen (secondary N) is 2. The average Bonchev–Trinajstić information content (AvgIpc) is 2.58. The molecule has 0 aliphatic carbocycles. The van der Waals surface area contributed by atoms with E-state index < -0.39 is 6.36 Å². The standard InChI is InChI=1S/C18H20F3N3O2/c1-2-22-17(23-11-13-7-9-15(25)10-8-13)24-12-14-5-3-4-6-16(14)26-18(19,20)21/h3-10,25H,2,11-12H2,1H3,(H2,22,23,24). The van der Waals surface area contributed by atoms with Crippen LogP contribution in [0.4, 0.5) is 13.2 Å². The third kappa shape index (κ3) is 6.54. The summed E-state index contributed by atoms with van der Waals surface area (Å²) in [6.07, 6.45) is -4.74. The molecule has 2 aromatic rings. The molecular weight excluding hydrogens is 347 g/mol. The van der Waals surface area contributed by atoms with Gasteiger partial charge in [0.1, 0.15) is 11.5 Å². The van der Waals surface area contributed by atoms with Gasteiger partial charge in [-0.25, -0.2) is 4.99 Å². The molecule has 0 heterocycles. The molecule has 0 unspecified atom stereocenters. The predicted molar refractivity (Wildman–Crippen MR) is 92.9 cm³/mol. The molecule has 0 aliphatic heterocycles. The largest absolute Gasteiger partial charge is 0.573 e. The Labute approximate surface area is 149 Å².